The molecule has 0 spiro atoms. The third-order valence-electron chi connectivity index (χ3n) is 2.11. The third-order valence-corrected chi connectivity index (χ3v) is 2.61. The summed E-state index contributed by atoms with van der Waals surface area (Å²) in [5.41, 5.74) is 0.178. The number of nitrogens with one attached hydrogen (secondary N) is 2. The fourth-order valence-corrected chi connectivity index (χ4v) is 1.37. The molecule has 0 amide bonds. The van der Waals surface area contributed by atoms with Crippen molar-refractivity contribution in [2.45, 2.75) is 6.92 Å². The molecule has 0 aliphatic rings. The van der Waals surface area contributed by atoms with Crippen molar-refractivity contribution in [2.75, 3.05) is 13.6 Å². The number of benzene rings is 1. The average Bonchev–Trinajstić information content (AvgIpc) is 2.45. The standard InChI is InChI=1S/C11H8BrNO2.C3H9N/c1-7(6-13)10(14)11(15)8-3-2-4-9(12)5-8;1-3-4-2/h2-6,13H,1H2;4H,3H2,1-2H3. The molecule has 102 valence electrons. The summed E-state index contributed by atoms with van der Waals surface area (Å²) in [5.74, 6) is -1.40. The van der Waals surface area contributed by atoms with Crippen LogP contribution in [0.3, 0.4) is 0 Å². The van der Waals surface area contributed by atoms with Crippen LogP contribution < -0.4 is 5.32 Å². The highest BCUT2D eigenvalue weighted by atomic mass is 79.9. The summed E-state index contributed by atoms with van der Waals surface area (Å²) >= 11 is 3.20. The zero-order valence-corrected chi connectivity index (χ0v) is 12.6. The molecule has 0 aliphatic heterocycles. The second-order valence-corrected chi connectivity index (χ2v) is 4.46. The first-order valence-corrected chi connectivity index (χ1v) is 6.45. The summed E-state index contributed by atoms with van der Waals surface area (Å²) < 4.78 is 0.724. The van der Waals surface area contributed by atoms with Gasteiger partial charge < -0.3 is 10.7 Å². The smallest absolute Gasteiger partial charge is 0.234 e. The quantitative estimate of drug-likeness (QED) is 0.378. The Balaban J connectivity index is 0.000000711. The molecule has 0 atom stereocenters. The second-order valence-electron chi connectivity index (χ2n) is 3.55. The molecular weight excluding hydrogens is 308 g/mol. The van der Waals surface area contributed by atoms with E-state index in [0.717, 1.165) is 17.2 Å². The maximum Gasteiger partial charge on any atom is 0.234 e. The van der Waals surface area contributed by atoms with E-state index in [1.807, 2.05) is 7.05 Å². The van der Waals surface area contributed by atoms with Crippen LogP contribution in [0.25, 0.3) is 0 Å². The van der Waals surface area contributed by atoms with Crippen molar-refractivity contribution < 1.29 is 9.59 Å². The summed E-state index contributed by atoms with van der Waals surface area (Å²) in [7, 11) is 1.93. The fourth-order valence-electron chi connectivity index (χ4n) is 0.972. The first kappa shape index (κ1) is 17.4. The molecule has 0 saturated heterocycles. The molecule has 0 fully saturated rings. The Hall–Kier alpha value is -1.59. The molecule has 1 rings (SSSR count). The molecule has 2 N–H and O–H groups in total. The van der Waals surface area contributed by atoms with Gasteiger partial charge in [-0.2, -0.15) is 0 Å². The van der Waals surface area contributed by atoms with Gasteiger partial charge >= 0.3 is 0 Å². The number of carbonyl (C=O) groups excluding carboxylic acids is 2. The largest absolute Gasteiger partial charge is 0.320 e. The number of hydrogen-bond donors (Lipinski definition) is 2. The highest BCUT2D eigenvalue weighted by Gasteiger charge is 2.17. The second kappa shape index (κ2) is 9.35. The van der Waals surface area contributed by atoms with Crippen LogP contribution in [0, 0.1) is 5.41 Å². The maximum atomic E-state index is 11.6. The van der Waals surface area contributed by atoms with Crippen molar-refractivity contribution in [3.63, 3.8) is 0 Å². The normalized spacial score (nSPS) is 9.00. The molecule has 1 aromatic carbocycles. The van der Waals surface area contributed by atoms with Gasteiger partial charge in [0, 0.05) is 21.8 Å². The number of hydrogen-bond acceptors (Lipinski definition) is 4. The monoisotopic (exact) mass is 324 g/mol. The van der Waals surface area contributed by atoms with Crippen molar-refractivity contribution in [3.05, 3.63) is 46.5 Å². The van der Waals surface area contributed by atoms with E-state index in [4.69, 9.17) is 5.41 Å². The fraction of sp³-hybridized carbons (Fsp3) is 0.214. The molecule has 0 aromatic heterocycles. The van der Waals surface area contributed by atoms with Gasteiger partial charge in [0.25, 0.3) is 0 Å². The van der Waals surface area contributed by atoms with Crippen molar-refractivity contribution >= 4 is 33.7 Å². The average molecular weight is 325 g/mol. The van der Waals surface area contributed by atoms with Gasteiger partial charge in [-0.1, -0.05) is 41.6 Å². The van der Waals surface area contributed by atoms with E-state index >= 15 is 0 Å². The highest BCUT2D eigenvalue weighted by Crippen LogP contribution is 2.13. The SMILES string of the molecule is C=C(C=N)C(=O)C(=O)c1cccc(Br)c1.CCNC. The van der Waals surface area contributed by atoms with E-state index in [1.165, 1.54) is 0 Å². The summed E-state index contributed by atoms with van der Waals surface area (Å²) in [4.78, 5) is 22.9. The topological polar surface area (TPSA) is 70.0 Å². The number of carbonyl (C=O) groups is 2. The first-order valence-electron chi connectivity index (χ1n) is 5.66. The molecule has 0 heterocycles. The molecule has 0 radical (unpaired) electrons. The molecule has 19 heavy (non-hydrogen) atoms. The number of allylic oxidation sites excluding steroid dienone is 1. The molecule has 0 unspecified atom stereocenters. The maximum absolute atomic E-state index is 11.6. The van der Waals surface area contributed by atoms with Gasteiger partial charge in [-0.15, -0.1) is 0 Å². The van der Waals surface area contributed by atoms with E-state index in [2.05, 4.69) is 34.7 Å². The third kappa shape index (κ3) is 6.22. The summed E-state index contributed by atoms with van der Waals surface area (Å²) in [6.07, 6.45) is 0.776. The lowest BCUT2D eigenvalue weighted by Gasteiger charge is -1.99. The molecule has 0 bridgehead atoms. The minimum absolute atomic E-state index is 0.111. The predicted octanol–water partition coefficient (Wildman–Crippen LogP) is 2.63. The summed E-state index contributed by atoms with van der Waals surface area (Å²) in [6, 6.07) is 6.52. The van der Waals surface area contributed by atoms with Crippen LogP contribution in [0.15, 0.2) is 40.9 Å². The van der Waals surface area contributed by atoms with E-state index in [0.29, 0.717) is 0 Å². The van der Waals surface area contributed by atoms with Crippen LogP contribution in [0.5, 0.6) is 0 Å². The van der Waals surface area contributed by atoms with Crippen molar-refractivity contribution in [2.24, 2.45) is 0 Å². The van der Waals surface area contributed by atoms with Crippen molar-refractivity contribution in [3.8, 4) is 0 Å². The van der Waals surface area contributed by atoms with E-state index < -0.39 is 11.6 Å². The summed E-state index contributed by atoms with van der Waals surface area (Å²) in [5, 5.41) is 9.76. The van der Waals surface area contributed by atoms with Gasteiger partial charge in [0.05, 0.1) is 0 Å². The van der Waals surface area contributed by atoms with Crippen LogP contribution >= 0.6 is 15.9 Å². The van der Waals surface area contributed by atoms with Crippen LogP contribution in [0.2, 0.25) is 0 Å². The van der Waals surface area contributed by atoms with Crippen LogP contribution in [0.4, 0.5) is 0 Å². The van der Waals surface area contributed by atoms with Crippen LogP contribution in [-0.4, -0.2) is 31.4 Å². The van der Waals surface area contributed by atoms with Crippen molar-refractivity contribution in [1.29, 1.82) is 5.41 Å². The molecule has 4 nitrogen and oxygen atoms in total. The zero-order chi connectivity index (χ0) is 14.8. The van der Waals surface area contributed by atoms with E-state index in [9.17, 15) is 9.59 Å². The Kier molecular flexibility index (Phi) is 8.57. The molecule has 0 saturated carbocycles. The van der Waals surface area contributed by atoms with Gasteiger partial charge in [-0.05, 0) is 25.7 Å². The van der Waals surface area contributed by atoms with E-state index in [1.54, 1.807) is 24.3 Å². The summed E-state index contributed by atoms with van der Waals surface area (Å²) in [6.45, 7) is 6.46. The van der Waals surface area contributed by atoms with Gasteiger partial charge in [0.2, 0.25) is 11.6 Å². The first-order chi connectivity index (χ1) is 8.97. The minimum atomic E-state index is -0.747. The Morgan fingerprint density at radius 3 is 2.47 bits per heavy atom. The van der Waals surface area contributed by atoms with E-state index in [-0.39, 0.29) is 11.1 Å². The highest BCUT2D eigenvalue weighted by molar-refractivity contribution is 9.10. The van der Waals surface area contributed by atoms with Crippen LogP contribution in [-0.2, 0) is 4.79 Å². The van der Waals surface area contributed by atoms with Gasteiger partial charge in [-0.3, -0.25) is 9.59 Å². The van der Waals surface area contributed by atoms with Crippen LogP contribution in [0.1, 0.15) is 17.3 Å². The Bertz CT molecular complexity index is 482. The van der Waals surface area contributed by atoms with Crippen molar-refractivity contribution in [1.82, 2.24) is 5.32 Å². The lowest BCUT2D eigenvalue weighted by atomic mass is 10.0. The number of Topliss-reactive ketones (excluding diaryl/α,β-unsaturated/α-hetero) is 2. The molecule has 5 heteroatoms. The zero-order valence-electron chi connectivity index (χ0n) is 11.0. The number of halogens is 1. The minimum Gasteiger partial charge on any atom is -0.320 e. The molecule has 0 aliphatic carbocycles. The Morgan fingerprint density at radius 2 is 2.05 bits per heavy atom. The van der Waals surface area contributed by atoms with Gasteiger partial charge in [0.15, 0.2) is 0 Å². The molecular formula is C14H17BrN2O2. The van der Waals surface area contributed by atoms with Gasteiger partial charge in [-0.25, -0.2) is 0 Å². The van der Waals surface area contributed by atoms with Gasteiger partial charge in [0.1, 0.15) is 0 Å². The Labute approximate surface area is 121 Å². The predicted molar refractivity (Wildman–Crippen MR) is 81.0 cm³/mol. The molecule has 1 aromatic rings. The lowest BCUT2D eigenvalue weighted by Crippen LogP contribution is -2.16. The lowest BCUT2D eigenvalue weighted by molar-refractivity contribution is -0.111. The number of rotatable bonds is 5. The Morgan fingerprint density at radius 1 is 1.47 bits per heavy atom. The number of ketones is 2.